The first-order chi connectivity index (χ1) is 8.72. The van der Waals surface area contributed by atoms with E-state index in [0.29, 0.717) is 0 Å². The summed E-state index contributed by atoms with van der Waals surface area (Å²) in [4.78, 5) is 0. The Balaban J connectivity index is 2.22. The second-order valence-electron chi connectivity index (χ2n) is 4.39. The number of halogens is 1. The second kappa shape index (κ2) is 6.21. The minimum absolute atomic E-state index is 0.282. The van der Waals surface area contributed by atoms with Crippen LogP contribution in [-0.2, 0) is 6.42 Å². The van der Waals surface area contributed by atoms with Gasteiger partial charge in [-0.05, 0) is 53.0 Å². The van der Waals surface area contributed by atoms with Gasteiger partial charge in [0.05, 0.1) is 6.26 Å². The molecule has 0 aliphatic heterocycles. The van der Waals surface area contributed by atoms with Gasteiger partial charge in [-0.1, -0.05) is 31.2 Å². The Hall–Kier alpha value is -1.06. The molecule has 0 bridgehead atoms. The number of aryl methyl sites for hydroxylation is 1. The highest BCUT2D eigenvalue weighted by atomic mass is 79.9. The summed E-state index contributed by atoms with van der Waals surface area (Å²) in [6.07, 6.45) is 2.69. The maximum atomic E-state index is 5.34. The number of furan rings is 1. The van der Waals surface area contributed by atoms with E-state index >= 15 is 0 Å². The second-order valence-corrected chi connectivity index (χ2v) is 5.11. The zero-order valence-electron chi connectivity index (χ0n) is 10.7. The predicted molar refractivity (Wildman–Crippen MR) is 77.7 cm³/mol. The standard InChI is InChI=1S/C15H18BrNO/c1-3-17-14(13-8-9-18-15(13)16)10-12-7-5-4-6-11(12)2/h4-9,14,17H,3,10H2,1-2H3. The number of rotatable bonds is 5. The Morgan fingerprint density at radius 1 is 1.28 bits per heavy atom. The van der Waals surface area contributed by atoms with Crippen LogP contribution in [-0.4, -0.2) is 6.54 Å². The molecule has 2 aromatic rings. The molecule has 1 unspecified atom stereocenters. The minimum atomic E-state index is 0.282. The largest absolute Gasteiger partial charge is 0.457 e. The molecule has 0 amide bonds. The molecule has 3 heteroatoms. The average Bonchev–Trinajstić information content (AvgIpc) is 2.78. The van der Waals surface area contributed by atoms with Crippen molar-refractivity contribution in [2.75, 3.05) is 6.54 Å². The van der Waals surface area contributed by atoms with Crippen LogP contribution in [0.25, 0.3) is 0 Å². The quantitative estimate of drug-likeness (QED) is 0.893. The topological polar surface area (TPSA) is 25.2 Å². The molecule has 2 nitrogen and oxygen atoms in total. The Morgan fingerprint density at radius 2 is 2.06 bits per heavy atom. The van der Waals surface area contributed by atoms with Crippen LogP contribution in [0.15, 0.2) is 45.7 Å². The van der Waals surface area contributed by atoms with E-state index in [1.807, 2.05) is 6.07 Å². The Kier molecular flexibility index (Phi) is 4.61. The highest BCUT2D eigenvalue weighted by molar-refractivity contribution is 9.10. The highest BCUT2D eigenvalue weighted by Gasteiger charge is 2.16. The molecule has 0 saturated heterocycles. The molecule has 1 N–H and O–H groups in total. The van der Waals surface area contributed by atoms with E-state index in [-0.39, 0.29) is 6.04 Å². The average molecular weight is 308 g/mol. The molecule has 0 spiro atoms. The van der Waals surface area contributed by atoms with Gasteiger partial charge < -0.3 is 9.73 Å². The fourth-order valence-corrected chi connectivity index (χ4v) is 2.67. The summed E-state index contributed by atoms with van der Waals surface area (Å²) in [5.74, 6) is 0. The first-order valence-corrected chi connectivity index (χ1v) is 7.02. The van der Waals surface area contributed by atoms with Crippen LogP contribution < -0.4 is 5.32 Å². The zero-order valence-corrected chi connectivity index (χ0v) is 12.3. The third-order valence-electron chi connectivity index (χ3n) is 3.16. The molecule has 0 aliphatic carbocycles. The normalized spacial score (nSPS) is 12.6. The van der Waals surface area contributed by atoms with Crippen LogP contribution in [0.3, 0.4) is 0 Å². The molecule has 0 saturated carbocycles. The molecule has 96 valence electrons. The summed E-state index contributed by atoms with van der Waals surface area (Å²) >= 11 is 3.46. The lowest BCUT2D eigenvalue weighted by Gasteiger charge is -2.18. The van der Waals surface area contributed by atoms with Crippen molar-refractivity contribution in [3.05, 3.63) is 58.0 Å². The van der Waals surface area contributed by atoms with E-state index in [0.717, 1.165) is 17.6 Å². The monoisotopic (exact) mass is 307 g/mol. The maximum absolute atomic E-state index is 5.34. The summed E-state index contributed by atoms with van der Waals surface area (Å²) in [5, 5.41) is 3.51. The van der Waals surface area contributed by atoms with Gasteiger partial charge in [-0.15, -0.1) is 0 Å². The van der Waals surface area contributed by atoms with Gasteiger partial charge in [0.2, 0.25) is 0 Å². The zero-order chi connectivity index (χ0) is 13.0. The molecule has 0 radical (unpaired) electrons. The van der Waals surface area contributed by atoms with Crippen LogP contribution in [0.1, 0.15) is 29.7 Å². The van der Waals surface area contributed by atoms with E-state index in [9.17, 15) is 0 Å². The van der Waals surface area contributed by atoms with Crippen molar-refractivity contribution in [1.29, 1.82) is 0 Å². The minimum Gasteiger partial charge on any atom is -0.457 e. The molecule has 1 aromatic heterocycles. The Morgan fingerprint density at radius 3 is 2.67 bits per heavy atom. The van der Waals surface area contributed by atoms with Crippen LogP contribution in [0.5, 0.6) is 0 Å². The van der Waals surface area contributed by atoms with Gasteiger partial charge in [-0.3, -0.25) is 0 Å². The number of nitrogens with one attached hydrogen (secondary N) is 1. The molecule has 0 fully saturated rings. The van der Waals surface area contributed by atoms with Crippen LogP contribution in [0.2, 0.25) is 0 Å². The Labute approximate surface area is 117 Å². The maximum Gasteiger partial charge on any atom is 0.173 e. The molecule has 18 heavy (non-hydrogen) atoms. The summed E-state index contributed by atoms with van der Waals surface area (Å²) in [6, 6.07) is 10.8. The molecule has 2 rings (SSSR count). The van der Waals surface area contributed by atoms with Crippen molar-refractivity contribution in [1.82, 2.24) is 5.32 Å². The van der Waals surface area contributed by atoms with Crippen molar-refractivity contribution in [2.24, 2.45) is 0 Å². The number of hydrogen-bond donors (Lipinski definition) is 1. The molecule has 1 heterocycles. The summed E-state index contributed by atoms with van der Waals surface area (Å²) in [6.45, 7) is 5.22. The predicted octanol–water partition coefficient (Wildman–Crippen LogP) is 4.24. The van der Waals surface area contributed by atoms with Gasteiger partial charge >= 0.3 is 0 Å². The lowest BCUT2D eigenvalue weighted by molar-refractivity contribution is 0.506. The summed E-state index contributed by atoms with van der Waals surface area (Å²) in [5.41, 5.74) is 3.89. The first kappa shape index (κ1) is 13.4. The fourth-order valence-electron chi connectivity index (χ4n) is 2.15. The van der Waals surface area contributed by atoms with E-state index in [1.165, 1.54) is 16.7 Å². The van der Waals surface area contributed by atoms with Crippen molar-refractivity contribution >= 4 is 15.9 Å². The Bertz CT molecular complexity index is 507. The van der Waals surface area contributed by atoms with Gasteiger partial charge in [0.25, 0.3) is 0 Å². The molecular formula is C15H18BrNO. The van der Waals surface area contributed by atoms with Crippen LogP contribution in [0, 0.1) is 6.92 Å². The van der Waals surface area contributed by atoms with E-state index in [1.54, 1.807) is 6.26 Å². The lowest BCUT2D eigenvalue weighted by Crippen LogP contribution is -2.23. The lowest BCUT2D eigenvalue weighted by atomic mass is 9.98. The number of benzene rings is 1. The fraction of sp³-hybridized carbons (Fsp3) is 0.333. The highest BCUT2D eigenvalue weighted by Crippen LogP contribution is 2.27. The van der Waals surface area contributed by atoms with E-state index in [4.69, 9.17) is 4.42 Å². The molecule has 1 atom stereocenters. The van der Waals surface area contributed by atoms with Gasteiger partial charge in [-0.25, -0.2) is 0 Å². The smallest absolute Gasteiger partial charge is 0.173 e. The SMILES string of the molecule is CCNC(Cc1ccccc1C)c1ccoc1Br. The van der Waals surface area contributed by atoms with Gasteiger partial charge in [-0.2, -0.15) is 0 Å². The van der Waals surface area contributed by atoms with E-state index < -0.39 is 0 Å². The first-order valence-electron chi connectivity index (χ1n) is 6.23. The van der Waals surface area contributed by atoms with Crippen LogP contribution in [0.4, 0.5) is 0 Å². The molecule has 0 aliphatic rings. The number of likely N-dealkylation sites (N-methyl/N-ethyl adjacent to an activating group) is 1. The molecule has 1 aromatic carbocycles. The summed E-state index contributed by atoms with van der Waals surface area (Å²) in [7, 11) is 0. The van der Waals surface area contributed by atoms with Gasteiger partial charge in [0, 0.05) is 11.6 Å². The van der Waals surface area contributed by atoms with Crippen molar-refractivity contribution in [3.63, 3.8) is 0 Å². The van der Waals surface area contributed by atoms with Gasteiger partial charge in [0.1, 0.15) is 0 Å². The third kappa shape index (κ3) is 3.03. The molecular weight excluding hydrogens is 290 g/mol. The number of hydrogen-bond acceptors (Lipinski definition) is 2. The van der Waals surface area contributed by atoms with Crippen molar-refractivity contribution < 1.29 is 4.42 Å². The van der Waals surface area contributed by atoms with Gasteiger partial charge in [0.15, 0.2) is 4.67 Å². The van der Waals surface area contributed by atoms with Crippen molar-refractivity contribution in [3.8, 4) is 0 Å². The third-order valence-corrected chi connectivity index (χ3v) is 3.80. The van der Waals surface area contributed by atoms with E-state index in [2.05, 4.69) is 59.4 Å². The van der Waals surface area contributed by atoms with Crippen molar-refractivity contribution in [2.45, 2.75) is 26.3 Å². The van der Waals surface area contributed by atoms with Crippen LogP contribution >= 0.6 is 15.9 Å². The summed E-state index contributed by atoms with van der Waals surface area (Å²) < 4.78 is 6.16.